The molecule has 4 heteroatoms. The van der Waals surface area contributed by atoms with Crippen LogP contribution in [0.25, 0.3) is 0 Å². The largest absolute Gasteiger partial charge is 0.392 e. The van der Waals surface area contributed by atoms with Gasteiger partial charge in [0.15, 0.2) is 0 Å². The van der Waals surface area contributed by atoms with Crippen molar-refractivity contribution >= 4 is 0 Å². The fourth-order valence-corrected chi connectivity index (χ4v) is 3.17. The molecule has 0 saturated carbocycles. The molecule has 0 aromatic heterocycles. The van der Waals surface area contributed by atoms with E-state index in [2.05, 4.69) is 6.58 Å². The Hall–Kier alpha value is -1.68. The first-order chi connectivity index (χ1) is 9.10. The van der Waals surface area contributed by atoms with Crippen LogP contribution in [0.3, 0.4) is 0 Å². The van der Waals surface area contributed by atoms with E-state index in [0.717, 1.165) is 12.0 Å². The monoisotopic (exact) mass is 261 g/mol. The van der Waals surface area contributed by atoms with Crippen LogP contribution in [0.2, 0.25) is 0 Å². The highest BCUT2D eigenvalue weighted by atomic mass is 16.6. The number of nitro groups is 1. The van der Waals surface area contributed by atoms with Crippen molar-refractivity contribution in [2.75, 3.05) is 6.54 Å². The minimum atomic E-state index is -0.552. The molecule has 2 rings (SSSR count). The number of hydrogen-bond donors (Lipinski definition) is 1. The number of benzene rings is 1. The quantitative estimate of drug-likeness (QED) is 0.503. The Kier molecular flexibility index (Phi) is 4.00. The first kappa shape index (κ1) is 13.7. The van der Waals surface area contributed by atoms with Crippen molar-refractivity contribution in [1.29, 1.82) is 0 Å². The molecule has 19 heavy (non-hydrogen) atoms. The van der Waals surface area contributed by atoms with E-state index < -0.39 is 11.5 Å². The number of aliphatic hydroxyl groups excluding tert-OH is 1. The Morgan fingerprint density at radius 1 is 1.53 bits per heavy atom. The molecule has 1 unspecified atom stereocenters. The van der Waals surface area contributed by atoms with Gasteiger partial charge in [-0.25, -0.2) is 0 Å². The fourth-order valence-electron chi connectivity index (χ4n) is 3.17. The lowest BCUT2D eigenvalue weighted by atomic mass is 9.64. The molecular weight excluding hydrogens is 242 g/mol. The maximum absolute atomic E-state index is 10.7. The Bertz CT molecular complexity index is 486. The minimum Gasteiger partial charge on any atom is -0.392 e. The second kappa shape index (κ2) is 5.53. The van der Waals surface area contributed by atoms with Gasteiger partial charge in [0.2, 0.25) is 6.54 Å². The zero-order valence-corrected chi connectivity index (χ0v) is 10.9. The zero-order valence-electron chi connectivity index (χ0n) is 10.9. The average molecular weight is 261 g/mol. The lowest BCUT2D eigenvalue weighted by Crippen LogP contribution is -2.44. The minimum absolute atomic E-state index is 0.126. The molecule has 0 radical (unpaired) electrons. The number of nitrogens with zero attached hydrogens (tertiary/aromatic N) is 1. The number of fused-ring (bicyclic) bond motifs is 1. The van der Waals surface area contributed by atoms with E-state index in [1.807, 2.05) is 24.3 Å². The molecular formula is C15H19NO3. The van der Waals surface area contributed by atoms with E-state index in [1.165, 1.54) is 5.56 Å². The van der Waals surface area contributed by atoms with Gasteiger partial charge in [0.25, 0.3) is 0 Å². The molecule has 1 N–H and O–H groups in total. The third-order valence-electron chi connectivity index (χ3n) is 4.13. The van der Waals surface area contributed by atoms with E-state index in [1.54, 1.807) is 6.08 Å². The predicted octanol–water partition coefficient (Wildman–Crippen LogP) is 2.47. The number of aliphatic hydroxyl groups is 1. The summed E-state index contributed by atoms with van der Waals surface area (Å²) in [6.07, 6.45) is 3.62. The second-order valence-corrected chi connectivity index (χ2v) is 5.17. The van der Waals surface area contributed by atoms with Crippen molar-refractivity contribution in [3.8, 4) is 0 Å². The summed E-state index contributed by atoms with van der Waals surface area (Å²) in [6, 6.07) is 7.94. The van der Waals surface area contributed by atoms with Gasteiger partial charge in [0, 0.05) is 16.8 Å². The molecule has 1 aliphatic carbocycles. The Balaban J connectivity index is 2.44. The third-order valence-corrected chi connectivity index (χ3v) is 4.13. The van der Waals surface area contributed by atoms with E-state index >= 15 is 0 Å². The molecule has 0 aliphatic heterocycles. The highest BCUT2D eigenvalue weighted by molar-refractivity contribution is 5.39. The molecule has 2 atom stereocenters. The molecule has 1 aromatic carbocycles. The van der Waals surface area contributed by atoms with E-state index in [-0.39, 0.29) is 11.5 Å². The SMILES string of the molecule is C=CC[C@@]1(CC[N+](=O)[O-])c2ccccc2CCC1O. The first-order valence-electron chi connectivity index (χ1n) is 6.59. The lowest BCUT2D eigenvalue weighted by Gasteiger charge is -2.42. The molecule has 4 nitrogen and oxygen atoms in total. The summed E-state index contributed by atoms with van der Waals surface area (Å²) >= 11 is 0. The number of rotatable bonds is 5. The lowest BCUT2D eigenvalue weighted by molar-refractivity contribution is -0.482. The topological polar surface area (TPSA) is 63.4 Å². The first-order valence-corrected chi connectivity index (χ1v) is 6.59. The fraction of sp³-hybridized carbons (Fsp3) is 0.467. The van der Waals surface area contributed by atoms with Crippen LogP contribution in [0.5, 0.6) is 0 Å². The van der Waals surface area contributed by atoms with Crippen LogP contribution in [0.15, 0.2) is 36.9 Å². The van der Waals surface area contributed by atoms with Gasteiger partial charge in [0.1, 0.15) is 0 Å². The van der Waals surface area contributed by atoms with Crippen molar-refractivity contribution in [2.24, 2.45) is 0 Å². The number of aryl methyl sites for hydroxylation is 1. The van der Waals surface area contributed by atoms with Crippen molar-refractivity contribution in [3.05, 3.63) is 58.2 Å². The molecule has 0 amide bonds. The maximum Gasteiger partial charge on any atom is 0.204 e. The summed E-state index contributed by atoms with van der Waals surface area (Å²) in [4.78, 5) is 10.4. The molecule has 1 aromatic rings. The third kappa shape index (κ3) is 2.54. The predicted molar refractivity (Wildman–Crippen MR) is 73.7 cm³/mol. The van der Waals surface area contributed by atoms with E-state index in [0.29, 0.717) is 19.3 Å². The van der Waals surface area contributed by atoms with Crippen LogP contribution in [0, 0.1) is 10.1 Å². The zero-order chi connectivity index (χ0) is 13.9. The average Bonchev–Trinajstić information content (AvgIpc) is 2.40. The van der Waals surface area contributed by atoms with Gasteiger partial charge in [-0.3, -0.25) is 10.1 Å². The standard InChI is InChI=1S/C15H19NO3/c1-2-9-15(10-11-16(18)19)13-6-4-3-5-12(13)7-8-14(15)17/h2-6,14,17H,1,7-11H2/t14?,15-/m1/s1. The van der Waals surface area contributed by atoms with Gasteiger partial charge >= 0.3 is 0 Å². The summed E-state index contributed by atoms with van der Waals surface area (Å²) in [5.41, 5.74) is 1.69. The molecule has 1 aliphatic rings. The van der Waals surface area contributed by atoms with Gasteiger partial charge in [-0.05, 0) is 30.4 Å². The van der Waals surface area contributed by atoms with Gasteiger partial charge in [-0.15, -0.1) is 6.58 Å². The second-order valence-electron chi connectivity index (χ2n) is 5.17. The van der Waals surface area contributed by atoms with Crippen molar-refractivity contribution in [3.63, 3.8) is 0 Å². The number of hydrogen-bond acceptors (Lipinski definition) is 3. The van der Waals surface area contributed by atoms with Crippen molar-refractivity contribution < 1.29 is 10.0 Å². The summed E-state index contributed by atoms with van der Waals surface area (Å²) in [6.45, 7) is 3.63. The Morgan fingerprint density at radius 3 is 2.95 bits per heavy atom. The number of allylic oxidation sites excluding steroid dienone is 1. The molecule has 0 fully saturated rings. The molecule has 0 spiro atoms. The summed E-state index contributed by atoms with van der Waals surface area (Å²) in [5.74, 6) is 0. The molecule has 0 bridgehead atoms. The Morgan fingerprint density at radius 2 is 2.26 bits per heavy atom. The van der Waals surface area contributed by atoms with E-state index in [4.69, 9.17) is 0 Å². The normalized spacial score (nSPS) is 25.6. The summed E-state index contributed by atoms with van der Waals surface area (Å²) in [5, 5.41) is 21.1. The van der Waals surface area contributed by atoms with Gasteiger partial charge in [0.05, 0.1) is 6.10 Å². The van der Waals surface area contributed by atoms with Crippen LogP contribution in [0.4, 0.5) is 0 Å². The van der Waals surface area contributed by atoms with Crippen molar-refractivity contribution in [2.45, 2.75) is 37.2 Å². The maximum atomic E-state index is 10.7. The van der Waals surface area contributed by atoms with Crippen LogP contribution in [0.1, 0.15) is 30.4 Å². The van der Waals surface area contributed by atoms with Gasteiger partial charge < -0.3 is 5.11 Å². The van der Waals surface area contributed by atoms with Gasteiger partial charge in [-0.1, -0.05) is 30.3 Å². The van der Waals surface area contributed by atoms with Crippen LogP contribution in [-0.2, 0) is 11.8 Å². The van der Waals surface area contributed by atoms with Crippen LogP contribution in [-0.4, -0.2) is 22.7 Å². The van der Waals surface area contributed by atoms with Crippen LogP contribution < -0.4 is 0 Å². The van der Waals surface area contributed by atoms with Gasteiger partial charge in [-0.2, -0.15) is 0 Å². The molecule has 0 saturated heterocycles. The highest BCUT2D eigenvalue weighted by Gasteiger charge is 2.43. The molecule has 0 heterocycles. The molecule has 102 valence electrons. The highest BCUT2D eigenvalue weighted by Crippen LogP contribution is 2.43. The van der Waals surface area contributed by atoms with Crippen molar-refractivity contribution in [1.82, 2.24) is 0 Å². The smallest absolute Gasteiger partial charge is 0.204 e. The van der Waals surface area contributed by atoms with Crippen LogP contribution >= 0.6 is 0 Å². The Labute approximate surface area is 112 Å². The van der Waals surface area contributed by atoms with E-state index in [9.17, 15) is 15.2 Å². The summed E-state index contributed by atoms with van der Waals surface area (Å²) < 4.78 is 0. The summed E-state index contributed by atoms with van der Waals surface area (Å²) in [7, 11) is 0.